The van der Waals surface area contributed by atoms with E-state index < -0.39 is 0 Å². The topological polar surface area (TPSA) is 68.2 Å². The van der Waals surface area contributed by atoms with Gasteiger partial charge in [-0.05, 0) is 31.5 Å². The van der Waals surface area contributed by atoms with Gasteiger partial charge < -0.3 is 10.2 Å². The lowest BCUT2D eigenvalue weighted by Gasteiger charge is -2.29. The lowest BCUT2D eigenvalue weighted by Crippen LogP contribution is -2.42. The molecule has 1 fully saturated rings. The van der Waals surface area contributed by atoms with E-state index in [0.29, 0.717) is 23.3 Å². The molecule has 106 valence electrons. The molecule has 1 aromatic carbocycles. The third kappa shape index (κ3) is 3.00. The normalized spacial score (nSPS) is 20.2. The van der Waals surface area contributed by atoms with Crippen molar-refractivity contribution in [2.45, 2.75) is 25.4 Å². The van der Waals surface area contributed by atoms with E-state index in [9.17, 15) is 0 Å². The van der Waals surface area contributed by atoms with E-state index in [1.54, 1.807) is 0 Å². The average molecular weight is 293 g/mol. The van der Waals surface area contributed by atoms with E-state index >= 15 is 0 Å². The van der Waals surface area contributed by atoms with Crippen molar-refractivity contribution in [1.29, 1.82) is 0 Å². The molecule has 1 unspecified atom stereocenters. The van der Waals surface area contributed by atoms with Gasteiger partial charge in [-0.2, -0.15) is 0 Å². The Balaban J connectivity index is 1.72. The number of likely N-dealkylation sites (tertiary alicyclic amines) is 1. The summed E-state index contributed by atoms with van der Waals surface area (Å²) in [6.45, 7) is 2.55. The zero-order valence-electron chi connectivity index (χ0n) is 11.1. The Morgan fingerprint density at radius 3 is 3.00 bits per heavy atom. The first-order valence-electron chi connectivity index (χ1n) is 6.77. The monoisotopic (exact) mass is 292 g/mol. The smallest absolute Gasteiger partial charge is 0.249 e. The van der Waals surface area contributed by atoms with Crippen LogP contribution in [0.15, 0.2) is 28.7 Å². The van der Waals surface area contributed by atoms with Crippen molar-refractivity contribution >= 4 is 11.6 Å². The second-order valence-electron chi connectivity index (χ2n) is 5.12. The minimum absolute atomic E-state index is 0.245. The van der Waals surface area contributed by atoms with E-state index in [1.165, 1.54) is 0 Å². The summed E-state index contributed by atoms with van der Waals surface area (Å²) in [4.78, 5) is 2.25. The Kier molecular flexibility index (Phi) is 4.00. The molecule has 0 aliphatic carbocycles. The summed E-state index contributed by atoms with van der Waals surface area (Å²) < 4.78 is 5.70. The summed E-state index contributed by atoms with van der Waals surface area (Å²) in [6.07, 6.45) is 2.21. The largest absolute Gasteiger partial charge is 0.419 e. The molecule has 0 amide bonds. The number of nitrogens with zero attached hydrogens (tertiary/aromatic N) is 3. The molecule has 0 bridgehead atoms. The number of hydrogen-bond acceptors (Lipinski definition) is 5. The van der Waals surface area contributed by atoms with Crippen LogP contribution >= 0.6 is 11.6 Å². The Morgan fingerprint density at radius 1 is 1.35 bits per heavy atom. The minimum atomic E-state index is 0.245. The minimum Gasteiger partial charge on any atom is -0.419 e. The zero-order valence-corrected chi connectivity index (χ0v) is 11.9. The van der Waals surface area contributed by atoms with Crippen LogP contribution in [0.2, 0.25) is 5.02 Å². The molecule has 1 aliphatic rings. The molecule has 6 heteroatoms. The summed E-state index contributed by atoms with van der Waals surface area (Å²) in [5, 5.41) is 8.78. The molecule has 20 heavy (non-hydrogen) atoms. The molecule has 2 heterocycles. The fourth-order valence-corrected chi connectivity index (χ4v) is 2.70. The van der Waals surface area contributed by atoms with E-state index in [-0.39, 0.29) is 6.04 Å². The van der Waals surface area contributed by atoms with Gasteiger partial charge in [-0.15, -0.1) is 10.2 Å². The summed E-state index contributed by atoms with van der Waals surface area (Å²) in [6, 6.07) is 7.70. The Labute approximate surface area is 122 Å². The SMILES string of the molecule is NC1CCCN(Cc2nnc(-c3ccccc3Cl)o2)C1. The highest BCUT2D eigenvalue weighted by Gasteiger charge is 2.19. The van der Waals surface area contributed by atoms with Crippen LogP contribution < -0.4 is 5.73 Å². The molecule has 1 aliphatic heterocycles. The van der Waals surface area contributed by atoms with Crippen LogP contribution in [-0.2, 0) is 6.54 Å². The van der Waals surface area contributed by atoms with Crippen LogP contribution in [0.4, 0.5) is 0 Å². The number of aromatic nitrogens is 2. The second-order valence-corrected chi connectivity index (χ2v) is 5.53. The van der Waals surface area contributed by atoms with Gasteiger partial charge in [0.2, 0.25) is 11.8 Å². The number of nitrogens with two attached hydrogens (primary N) is 1. The predicted octanol–water partition coefficient (Wildman–Crippen LogP) is 2.31. The molecule has 0 spiro atoms. The van der Waals surface area contributed by atoms with E-state index in [4.69, 9.17) is 21.8 Å². The highest BCUT2D eigenvalue weighted by molar-refractivity contribution is 6.33. The van der Waals surface area contributed by atoms with Crippen molar-refractivity contribution < 1.29 is 4.42 Å². The first-order chi connectivity index (χ1) is 9.72. The number of rotatable bonds is 3. The summed E-state index contributed by atoms with van der Waals surface area (Å²) >= 11 is 6.12. The number of halogens is 1. The number of benzene rings is 1. The molecule has 2 aromatic rings. The summed E-state index contributed by atoms with van der Waals surface area (Å²) in [7, 11) is 0. The highest BCUT2D eigenvalue weighted by Crippen LogP contribution is 2.26. The van der Waals surface area contributed by atoms with Crippen molar-refractivity contribution in [1.82, 2.24) is 15.1 Å². The van der Waals surface area contributed by atoms with E-state index in [2.05, 4.69) is 15.1 Å². The second kappa shape index (κ2) is 5.91. The van der Waals surface area contributed by atoms with Crippen LogP contribution in [0, 0.1) is 0 Å². The number of piperidine rings is 1. The quantitative estimate of drug-likeness (QED) is 0.940. The first-order valence-corrected chi connectivity index (χ1v) is 7.15. The molecule has 2 N–H and O–H groups in total. The average Bonchev–Trinajstić information content (AvgIpc) is 2.87. The molecule has 3 rings (SSSR count). The third-order valence-corrected chi connectivity index (χ3v) is 3.80. The van der Waals surface area contributed by atoms with Crippen LogP contribution in [0.5, 0.6) is 0 Å². The standard InChI is InChI=1S/C14H17ClN4O/c15-12-6-2-1-5-11(12)14-18-17-13(20-14)9-19-7-3-4-10(16)8-19/h1-2,5-6,10H,3-4,7-9,16H2. The van der Waals surface area contributed by atoms with Crippen LogP contribution in [0.3, 0.4) is 0 Å². The maximum atomic E-state index is 6.12. The van der Waals surface area contributed by atoms with Gasteiger partial charge >= 0.3 is 0 Å². The van der Waals surface area contributed by atoms with Gasteiger partial charge in [0.15, 0.2) is 0 Å². The molecule has 1 atom stereocenters. The van der Waals surface area contributed by atoms with Crippen LogP contribution in [0.1, 0.15) is 18.7 Å². The molecule has 0 saturated carbocycles. The fourth-order valence-electron chi connectivity index (χ4n) is 2.49. The highest BCUT2D eigenvalue weighted by atomic mass is 35.5. The molecule has 1 aromatic heterocycles. The predicted molar refractivity (Wildman–Crippen MR) is 77.2 cm³/mol. The van der Waals surface area contributed by atoms with Gasteiger partial charge in [0.05, 0.1) is 17.1 Å². The van der Waals surface area contributed by atoms with Gasteiger partial charge in [0.25, 0.3) is 0 Å². The Morgan fingerprint density at radius 2 is 2.20 bits per heavy atom. The van der Waals surface area contributed by atoms with Crippen molar-refractivity contribution in [2.24, 2.45) is 5.73 Å². The van der Waals surface area contributed by atoms with Gasteiger partial charge in [-0.25, -0.2) is 0 Å². The van der Waals surface area contributed by atoms with Gasteiger partial charge in [-0.1, -0.05) is 23.7 Å². The molecular weight excluding hydrogens is 276 g/mol. The molecule has 5 nitrogen and oxygen atoms in total. The zero-order chi connectivity index (χ0) is 13.9. The first kappa shape index (κ1) is 13.5. The Bertz CT molecular complexity index is 586. The lowest BCUT2D eigenvalue weighted by atomic mass is 10.1. The molecular formula is C14H17ClN4O. The van der Waals surface area contributed by atoms with Crippen molar-refractivity contribution in [3.05, 3.63) is 35.2 Å². The van der Waals surface area contributed by atoms with Gasteiger partial charge in [-0.3, -0.25) is 4.90 Å². The fraction of sp³-hybridized carbons (Fsp3) is 0.429. The van der Waals surface area contributed by atoms with Crippen molar-refractivity contribution in [2.75, 3.05) is 13.1 Å². The lowest BCUT2D eigenvalue weighted by molar-refractivity contribution is 0.185. The molecule has 0 radical (unpaired) electrons. The van der Waals surface area contributed by atoms with Gasteiger partial charge in [0, 0.05) is 12.6 Å². The van der Waals surface area contributed by atoms with E-state index in [0.717, 1.165) is 31.5 Å². The maximum Gasteiger partial charge on any atom is 0.249 e. The number of hydrogen-bond donors (Lipinski definition) is 1. The van der Waals surface area contributed by atoms with Crippen LogP contribution in [0.25, 0.3) is 11.5 Å². The van der Waals surface area contributed by atoms with Crippen LogP contribution in [-0.4, -0.2) is 34.2 Å². The third-order valence-electron chi connectivity index (χ3n) is 3.47. The van der Waals surface area contributed by atoms with Crippen molar-refractivity contribution in [3.63, 3.8) is 0 Å². The summed E-state index contributed by atoms with van der Waals surface area (Å²) in [5.41, 5.74) is 6.74. The van der Waals surface area contributed by atoms with E-state index in [1.807, 2.05) is 24.3 Å². The molecule has 1 saturated heterocycles. The maximum absolute atomic E-state index is 6.12. The van der Waals surface area contributed by atoms with Gasteiger partial charge in [0.1, 0.15) is 0 Å². The summed E-state index contributed by atoms with van der Waals surface area (Å²) in [5.74, 6) is 1.07. The van der Waals surface area contributed by atoms with Crippen molar-refractivity contribution in [3.8, 4) is 11.5 Å². The Hall–Kier alpha value is -1.43.